The molecule has 0 saturated heterocycles. The van der Waals surface area contributed by atoms with Crippen LogP contribution in [-0.4, -0.2) is 24.1 Å². The number of hydrogen-bond donors (Lipinski definition) is 1. The van der Waals surface area contributed by atoms with Crippen LogP contribution >= 0.6 is 27.7 Å². The second kappa shape index (κ2) is 5.61. The average molecular weight is 352 g/mol. The van der Waals surface area contributed by atoms with Crippen LogP contribution in [0.1, 0.15) is 11.3 Å². The van der Waals surface area contributed by atoms with E-state index in [1.807, 2.05) is 37.0 Å². The molecule has 2 heterocycles. The minimum absolute atomic E-state index is 0.749. The van der Waals surface area contributed by atoms with Gasteiger partial charge in [0.05, 0.1) is 17.3 Å². The Hall–Kier alpha value is -1.27. The zero-order valence-electron chi connectivity index (χ0n) is 11.2. The molecule has 3 rings (SSSR count). The topological polar surface area (TPSA) is 47.0 Å². The van der Waals surface area contributed by atoms with Crippen molar-refractivity contribution in [3.8, 4) is 17.1 Å². The third kappa shape index (κ3) is 2.38. The van der Waals surface area contributed by atoms with Crippen molar-refractivity contribution >= 4 is 33.5 Å². The molecule has 4 nitrogen and oxygen atoms in total. The maximum atomic E-state index is 5.25. The van der Waals surface area contributed by atoms with Crippen LogP contribution in [-0.2, 0) is 11.5 Å². The van der Waals surface area contributed by atoms with E-state index in [9.17, 15) is 0 Å². The summed E-state index contributed by atoms with van der Waals surface area (Å²) in [6, 6.07) is 5.89. The van der Waals surface area contributed by atoms with Gasteiger partial charge in [0.25, 0.3) is 0 Å². The Labute approximate surface area is 130 Å². The van der Waals surface area contributed by atoms with Gasteiger partial charge >= 0.3 is 0 Å². The number of methoxy groups -OCH3 is 1. The highest BCUT2D eigenvalue weighted by Crippen LogP contribution is 2.35. The second-order valence-corrected chi connectivity index (χ2v) is 6.25. The first-order chi connectivity index (χ1) is 9.72. The normalized spacial score (nSPS) is 13.2. The summed E-state index contributed by atoms with van der Waals surface area (Å²) in [5.74, 6) is 4.43. The smallest absolute Gasteiger partial charge is 0.161 e. The third-order valence-electron chi connectivity index (χ3n) is 3.22. The molecular weight excluding hydrogens is 338 g/mol. The first-order valence-electron chi connectivity index (χ1n) is 6.22. The van der Waals surface area contributed by atoms with E-state index in [0.717, 1.165) is 44.6 Å². The number of rotatable bonds is 3. The molecule has 1 aromatic heterocycles. The van der Waals surface area contributed by atoms with E-state index >= 15 is 0 Å². The van der Waals surface area contributed by atoms with Gasteiger partial charge in [-0.1, -0.05) is 0 Å². The van der Waals surface area contributed by atoms with Crippen LogP contribution in [0.3, 0.4) is 0 Å². The van der Waals surface area contributed by atoms with Gasteiger partial charge in [0, 0.05) is 29.7 Å². The van der Waals surface area contributed by atoms with E-state index in [2.05, 4.69) is 26.2 Å². The van der Waals surface area contributed by atoms with Crippen molar-refractivity contribution in [1.29, 1.82) is 0 Å². The highest BCUT2D eigenvalue weighted by atomic mass is 79.9. The minimum Gasteiger partial charge on any atom is -0.496 e. The van der Waals surface area contributed by atoms with Gasteiger partial charge in [-0.05, 0) is 34.1 Å². The lowest BCUT2D eigenvalue weighted by atomic mass is 10.1. The Morgan fingerprint density at radius 2 is 2.15 bits per heavy atom. The molecule has 1 aliphatic heterocycles. The lowest BCUT2D eigenvalue weighted by Gasteiger charge is -2.10. The summed E-state index contributed by atoms with van der Waals surface area (Å²) in [4.78, 5) is 9.33. The van der Waals surface area contributed by atoms with Gasteiger partial charge in [-0.3, -0.25) is 0 Å². The lowest BCUT2D eigenvalue weighted by Crippen LogP contribution is -2.03. The predicted molar refractivity (Wildman–Crippen MR) is 86.3 cm³/mol. The summed E-state index contributed by atoms with van der Waals surface area (Å²) in [5.41, 5.74) is 3.35. The van der Waals surface area contributed by atoms with Gasteiger partial charge in [-0.2, -0.15) is 11.8 Å². The standard InChI is InChI=1S/C14H14BrN3OS/c1-16-14-9-6-20-7-11(9)17-13(18-14)8-3-4-12(19-2)10(15)5-8/h3-5H,6-7H2,1-2H3,(H,16,17,18). The van der Waals surface area contributed by atoms with Crippen molar-refractivity contribution in [3.63, 3.8) is 0 Å². The van der Waals surface area contributed by atoms with Crippen LogP contribution in [0.25, 0.3) is 11.4 Å². The number of ether oxygens (including phenoxy) is 1. The van der Waals surface area contributed by atoms with Gasteiger partial charge in [0.1, 0.15) is 11.6 Å². The molecule has 1 aromatic carbocycles. The van der Waals surface area contributed by atoms with E-state index in [1.54, 1.807) is 7.11 Å². The molecule has 6 heteroatoms. The third-order valence-corrected chi connectivity index (χ3v) is 4.81. The monoisotopic (exact) mass is 351 g/mol. The largest absolute Gasteiger partial charge is 0.496 e. The fraction of sp³-hybridized carbons (Fsp3) is 0.286. The van der Waals surface area contributed by atoms with E-state index in [-0.39, 0.29) is 0 Å². The number of nitrogens with zero attached hydrogens (tertiary/aromatic N) is 2. The molecule has 20 heavy (non-hydrogen) atoms. The molecule has 0 aliphatic carbocycles. The van der Waals surface area contributed by atoms with E-state index in [0.29, 0.717) is 0 Å². The van der Waals surface area contributed by atoms with Gasteiger partial charge in [0.2, 0.25) is 0 Å². The van der Waals surface area contributed by atoms with Crippen LogP contribution in [0.5, 0.6) is 5.75 Å². The van der Waals surface area contributed by atoms with Gasteiger partial charge in [-0.25, -0.2) is 9.97 Å². The first kappa shape index (κ1) is 13.7. The van der Waals surface area contributed by atoms with E-state index < -0.39 is 0 Å². The number of thioether (sulfide) groups is 1. The Balaban J connectivity index is 2.08. The molecule has 0 saturated carbocycles. The van der Waals surface area contributed by atoms with Crippen molar-refractivity contribution in [3.05, 3.63) is 33.9 Å². The summed E-state index contributed by atoms with van der Waals surface area (Å²) in [6.07, 6.45) is 0. The zero-order chi connectivity index (χ0) is 14.1. The zero-order valence-corrected chi connectivity index (χ0v) is 13.6. The molecule has 0 radical (unpaired) electrons. The Morgan fingerprint density at radius 1 is 1.30 bits per heavy atom. The van der Waals surface area contributed by atoms with Crippen LogP contribution in [0, 0.1) is 0 Å². The number of aromatic nitrogens is 2. The number of benzene rings is 1. The summed E-state index contributed by atoms with van der Waals surface area (Å²) in [5, 5.41) is 3.17. The van der Waals surface area contributed by atoms with Crippen LogP contribution < -0.4 is 10.1 Å². The molecule has 0 atom stereocenters. The molecule has 1 aliphatic rings. The number of halogens is 1. The average Bonchev–Trinajstić information content (AvgIpc) is 2.94. The van der Waals surface area contributed by atoms with E-state index in [4.69, 9.17) is 9.72 Å². The Kier molecular flexibility index (Phi) is 3.85. The quantitative estimate of drug-likeness (QED) is 0.913. The second-order valence-electron chi connectivity index (χ2n) is 4.41. The maximum Gasteiger partial charge on any atom is 0.161 e. The van der Waals surface area contributed by atoms with E-state index in [1.165, 1.54) is 5.56 Å². The summed E-state index contributed by atoms with van der Waals surface area (Å²) >= 11 is 5.38. The molecule has 0 fully saturated rings. The maximum absolute atomic E-state index is 5.25. The van der Waals surface area contributed by atoms with Crippen molar-refractivity contribution in [2.75, 3.05) is 19.5 Å². The van der Waals surface area contributed by atoms with Crippen molar-refractivity contribution in [2.24, 2.45) is 0 Å². The van der Waals surface area contributed by atoms with Gasteiger partial charge in [0.15, 0.2) is 5.82 Å². The number of nitrogens with one attached hydrogen (secondary N) is 1. The molecule has 0 spiro atoms. The SMILES string of the molecule is CNc1nc(-c2ccc(OC)c(Br)c2)nc2c1CSC2. The number of hydrogen-bond acceptors (Lipinski definition) is 5. The molecule has 0 amide bonds. The lowest BCUT2D eigenvalue weighted by molar-refractivity contribution is 0.412. The van der Waals surface area contributed by atoms with Crippen LogP contribution in [0.15, 0.2) is 22.7 Å². The molecular formula is C14H14BrN3OS. The number of anilines is 1. The van der Waals surface area contributed by atoms with Gasteiger partial charge in [-0.15, -0.1) is 0 Å². The Bertz CT molecular complexity index is 663. The highest BCUT2D eigenvalue weighted by molar-refractivity contribution is 9.10. The van der Waals surface area contributed by atoms with Gasteiger partial charge < -0.3 is 10.1 Å². The molecule has 1 N–H and O–H groups in total. The highest BCUT2D eigenvalue weighted by Gasteiger charge is 2.19. The number of fused-ring (bicyclic) bond motifs is 1. The summed E-state index contributed by atoms with van der Waals surface area (Å²) in [7, 11) is 3.56. The predicted octanol–water partition coefficient (Wildman–Crippen LogP) is 3.70. The molecule has 104 valence electrons. The summed E-state index contributed by atoms with van der Waals surface area (Å²) in [6.45, 7) is 0. The minimum atomic E-state index is 0.749. The molecule has 0 bridgehead atoms. The van der Waals surface area contributed by atoms with Crippen molar-refractivity contribution in [1.82, 2.24) is 9.97 Å². The summed E-state index contributed by atoms with van der Waals surface area (Å²) < 4.78 is 6.16. The molecule has 0 unspecified atom stereocenters. The van der Waals surface area contributed by atoms with Crippen LogP contribution in [0.2, 0.25) is 0 Å². The first-order valence-corrected chi connectivity index (χ1v) is 8.17. The fourth-order valence-corrected chi connectivity index (χ4v) is 3.77. The van der Waals surface area contributed by atoms with Crippen molar-refractivity contribution in [2.45, 2.75) is 11.5 Å². The van der Waals surface area contributed by atoms with Crippen molar-refractivity contribution < 1.29 is 4.74 Å². The fourth-order valence-electron chi connectivity index (χ4n) is 2.19. The van der Waals surface area contributed by atoms with Crippen LogP contribution in [0.4, 0.5) is 5.82 Å². The molecule has 2 aromatic rings. The Morgan fingerprint density at radius 3 is 2.85 bits per heavy atom.